The van der Waals surface area contributed by atoms with Crippen molar-refractivity contribution in [1.82, 2.24) is 15.1 Å². The van der Waals surface area contributed by atoms with Crippen LogP contribution in [0.25, 0.3) is 11.8 Å². The van der Waals surface area contributed by atoms with Crippen LogP contribution in [-0.4, -0.2) is 22.5 Å². The topological polar surface area (TPSA) is 29.9 Å². The molecule has 2 aromatic carbocycles. The molecular weight excluding hydrogens is 490 g/mol. The van der Waals surface area contributed by atoms with Crippen LogP contribution in [0.2, 0.25) is 0 Å². The van der Waals surface area contributed by atoms with Crippen molar-refractivity contribution < 1.29 is 17.6 Å². The molecule has 7 heteroatoms. The molecule has 1 heterocycles. The van der Waals surface area contributed by atoms with Crippen molar-refractivity contribution in [1.29, 1.82) is 0 Å². The monoisotopic (exact) mass is 521 g/mol. The maximum absolute atomic E-state index is 14.0. The summed E-state index contributed by atoms with van der Waals surface area (Å²) in [5.41, 5.74) is 7.01. The quantitative estimate of drug-likeness (QED) is 0.280. The summed E-state index contributed by atoms with van der Waals surface area (Å²) in [6, 6.07) is 16.2. The molecule has 3 atom stereocenters. The van der Waals surface area contributed by atoms with Crippen LogP contribution in [0, 0.1) is 23.1 Å². The zero-order valence-corrected chi connectivity index (χ0v) is 21.4. The van der Waals surface area contributed by atoms with E-state index in [1.165, 1.54) is 23.3 Å². The normalized spacial score (nSPS) is 24.9. The van der Waals surface area contributed by atoms with Crippen LogP contribution in [-0.2, 0) is 13.0 Å². The average molecular weight is 522 g/mol. The average Bonchev–Trinajstić information content (AvgIpc) is 3.29. The van der Waals surface area contributed by atoms with Gasteiger partial charge in [0.15, 0.2) is 0 Å². The Morgan fingerprint density at radius 2 is 1.82 bits per heavy atom. The highest BCUT2D eigenvalue weighted by molar-refractivity contribution is 5.64. The van der Waals surface area contributed by atoms with Gasteiger partial charge in [-0.15, -0.1) is 0 Å². The van der Waals surface area contributed by atoms with Crippen molar-refractivity contribution in [2.75, 3.05) is 6.54 Å². The minimum Gasteiger partial charge on any atom is -0.309 e. The van der Waals surface area contributed by atoms with Gasteiger partial charge < -0.3 is 5.32 Å². The molecule has 3 aliphatic carbocycles. The minimum atomic E-state index is -4.19. The summed E-state index contributed by atoms with van der Waals surface area (Å²) in [4.78, 5) is 0. The predicted molar refractivity (Wildman–Crippen MR) is 140 cm³/mol. The van der Waals surface area contributed by atoms with E-state index in [2.05, 4.69) is 23.4 Å². The number of allylic oxidation sites excluding steroid dienone is 2. The highest BCUT2D eigenvalue weighted by atomic mass is 19.4. The van der Waals surface area contributed by atoms with Gasteiger partial charge in [0.1, 0.15) is 5.82 Å². The second-order valence-corrected chi connectivity index (χ2v) is 11.1. The summed E-state index contributed by atoms with van der Waals surface area (Å²) >= 11 is 0. The van der Waals surface area contributed by atoms with Gasteiger partial charge in [0.05, 0.1) is 23.5 Å². The van der Waals surface area contributed by atoms with Gasteiger partial charge in [0.2, 0.25) is 0 Å². The fraction of sp³-hybridized carbons (Fsp3) is 0.387. The number of benzene rings is 2. The molecule has 3 aromatic rings. The van der Waals surface area contributed by atoms with E-state index in [9.17, 15) is 17.6 Å². The van der Waals surface area contributed by atoms with Gasteiger partial charge in [-0.2, -0.15) is 18.3 Å². The third-order valence-corrected chi connectivity index (χ3v) is 8.70. The number of hydrogen-bond donors (Lipinski definition) is 1. The molecule has 0 unspecified atom stereocenters. The first-order valence-corrected chi connectivity index (χ1v) is 13.3. The van der Waals surface area contributed by atoms with Gasteiger partial charge in [-0.1, -0.05) is 54.0 Å². The van der Waals surface area contributed by atoms with Crippen LogP contribution in [0.5, 0.6) is 0 Å². The molecule has 38 heavy (non-hydrogen) atoms. The van der Waals surface area contributed by atoms with Crippen LogP contribution in [0.4, 0.5) is 17.6 Å². The molecule has 0 spiro atoms. The number of rotatable bonds is 5. The van der Waals surface area contributed by atoms with Gasteiger partial charge >= 0.3 is 6.18 Å². The fourth-order valence-electron chi connectivity index (χ4n) is 6.95. The van der Waals surface area contributed by atoms with Crippen molar-refractivity contribution in [2.24, 2.45) is 17.3 Å². The van der Waals surface area contributed by atoms with Crippen molar-refractivity contribution in [3.8, 4) is 5.69 Å². The third-order valence-electron chi connectivity index (χ3n) is 8.70. The number of halogens is 4. The molecule has 1 saturated carbocycles. The van der Waals surface area contributed by atoms with Crippen molar-refractivity contribution in [3.05, 3.63) is 100 Å². The predicted octanol–water partition coefficient (Wildman–Crippen LogP) is 7.43. The number of alkyl halides is 3. The van der Waals surface area contributed by atoms with Gasteiger partial charge in [0, 0.05) is 18.5 Å². The zero-order chi connectivity index (χ0) is 26.5. The lowest BCUT2D eigenvalue weighted by atomic mass is 9.55. The van der Waals surface area contributed by atoms with Crippen LogP contribution in [0.1, 0.15) is 49.4 Å². The van der Waals surface area contributed by atoms with Crippen molar-refractivity contribution in [3.63, 3.8) is 0 Å². The summed E-state index contributed by atoms with van der Waals surface area (Å²) in [6.45, 7) is 3.29. The standard InChI is InChI=1S/C31H31F4N3/c1-30-16-23-19-37-38(27-11-9-26(32)10-12-27)28(23)15-24(30)8-7-21-13-25(31(33,34)35)14-22(29(21)30)18-36-17-20-5-3-2-4-6-20/h2-6,9-12,15,19,21,25,36H,7-8,13-14,16-18H2,1H3/t21-,25-,30+/m1/s1. The van der Waals surface area contributed by atoms with E-state index in [0.29, 0.717) is 19.5 Å². The van der Waals surface area contributed by atoms with Crippen LogP contribution >= 0.6 is 0 Å². The van der Waals surface area contributed by atoms with E-state index in [4.69, 9.17) is 0 Å². The van der Waals surface area contributed by atoms with Gasteiger partial charge in [0.25, 0.3) is 0 Å². The summed E-state index contributed by atoms with van der Waals surface area (Å²) < 4.78 is 57.3. The van der Waals surface area contributed by atoms with Gasteiger partial charge in [-0.25, -0.2) is 9.07 Å². The van der Waals surface area contributed by atoms with E-state index in [1.807, 2.05) is 41.2 Å². The first-order chi connectivity index (χ1) is 18.2. The van der Waals surface area contributed by atoms with Crippen LogP contribution in [0.3, 0.4) is 0 Å². The molecule has 0 bridgehead atoms. The molecular formula is C31H31F4N3. The number of hydrogen-bond acceptors (Lipinski definition) is 2. The Hall–Kier alpha value is -3.19. The number of aromatic nitrogens is 2. The minimum absolute atomic E-state index is 0.0572. The summed E-state index contributed by atoms with van der Waals surface area (Å²) in [5, 5.41) is 8.06. The van der Waals surface area contributed by atoms with Gasteiger partial charge in [-0.3, -0.25) is 0 Å². The molecule has 0 saturated heterocycles. The molecule has 1 fully saturated rings. The lowest BCUT2D eigenvalue weighted by Gasteiger charge is -2.50. The number of fused-ring (bicyclic) bond motifs is 4. The molecule has 0 radical (unpaired) electrons. The SMILES string of the molecule is C[C@]12Cc3cnn(-c4ccc(F)cc4)c3C=C1CC[C@@H]1C[C@@H](C(F)(F)F)CC(CNCc3ccccc3)=C12. The smallest absolute Gasteiger partial charge is 0.309 e. The van der Waals surface area contributed by atoms with Crippen LogP contribution in [0.15, 0.2) is 77.5 Å². The van der Waals surface area contributed by atoms with Gasteiger partial charge in [-0.05, 0) is 79.5 Å². The second-order valence-electron chi connectivity index (χ2n) is 11.1. The maximum atomic E-state index is 14.0. The molecule has 1 aromatic heterocycles. The number of nitrogens with zero attached hydrogens (tertiary/aromatic N) is 2. The molecule has 0 aliphatic heterocycles. The first-order valence-electron chi connectivity index (χ1n) is 13.3. The van der Waals surface area contributed by atoms with E-state index in [0.717, 1.165) is 40.9 Å². The summed E-state index contributed by atoms with van der Waals surface area (Å²) in [6.07, 6.45) is 2.29. The Morgan fingerprint density at radius 3 is 2.55 bits per heavy atom. The Morgan fingerprint density at radius 1 is 1.05 bits per heavy atom. The largest absolute Gasteiger partial charge is 0.392 e. The fourth-order valence-corrected chi connectivity index (χ4v) is 6.95. The zero-order valence-electron chi connectivity index (χ0n) is 21.4. The van der Waals surface area contributed by atoms with E-state index in [1.54, 1.807) is 12.1 Å². The molecule has 1 N–H and O–H groups in total. The molecule has 3 nitrogen and oxygen atoms in total. The molecule has 3 aliphatic rings. The van der Waals surface area contributed by atoms with Crippen molar-refractivity contribution >= 4 is 6.08 Å². The lowest BCUT2D eigenvalue weighted by Crippen LogP contribution is -2.42. The van der Waals surface area contributed by atoms with Crippen LogP contribution < -0.4 is 5.32 Å². The van der Waals surface area contributed by atoms with E-state index >= 15 is 0 Å². The summed E-state index contributed by atoms with van der Waals surface area (Å²) in [5.74, 6) is -1.66. The first kappa shape index (κ1) is 25.1. The Labute approximate surface area is 220 Å². The Balaban J connectivity index is 1.36. The Kier molecular flexibility index (Phi) is 6.29. The third kappa shape index (κ3) is 4.51. The molecule has 198 valence electrons. The van der Waals surface area contributed by atoms with E-state index in [-0.39, 0.29) is 30.0 Å². The maximum Gasteiger partial charge on any atom is 0.392 e. The summed E-state index contributed by atoms with van der Waals surface area (Å²) in [7, 11) is 0. The molecule has 6 rings (SSSR count). The lowest BCUT2D eigenvalue weighted by molar-refractivity contribution is -0.180. The highest BCUT2D eigenvalue weighted by Crippen LogP contribution is 2.58. The molecule has 0 amide bonds. The van der Waals surface area contributed by atoms with E-state index < -0.39 is 12.1 Å². The van der Waals surface area contributed by atoms with Crippen molar-refractivity contribution in [2.45, 2.75) is 51.7 Å². The number of nitrogens with one attached hydrogen (secondary N) is 1. The Bertz CT molecular complexity index is 1380. The highest BCUT2D eigenvalue weighted by Gasteiger charge is 2.51. The second kappa shape index (κ2) is 9.53.